The Morgan fingerprint density at radius 1 is 0.884 bits per heavy atom. The number of aliphatic hydroxyl groups is 2. The smallest absolute Gasteiger partial charge is 0.253 e. The summed E-state index contributed by atoms with van der Waals surface area (Å²) in [5, 5.41) is 36.0. The first kappa shape index (κ1) is 34.8. The highest BCUT2D eigenvalue weighted by Gasteiger charge is 2.34. The SMILES string of the molecule is CCCN(CCC)C(=O)c1cc(C(N)=O)cc(C(=O)NC(Cc2cc(F)cc(F)c2)C(O)C(O)C(CC#N)NC(C)=O)c1. The molecule has 0 fully saturated rings. The van der Waals surface area contributed by atoms with Crippen molar-refractivity contribution in [3.8, 4) is 6.07 Å². The van der Waals surface area contributed by atoms with Crippen LogP contribution in [0.4, 0.5) is 8.78 Å². The van der Waals surface area contributed by atoms with E-state index in [1.165, 1.54) is 12.1 Å². The fourth-order valence-corrected chi connectivity index (χ4v) is 4.65. The van der Waals surface area contributed by atoms with E-state index in [-0.39, 0.29) is 28.7 Å². The molecule has 232 valence electrons. The van der Waals surface area contributed by atoms with Crippen molar-refractivity contribution in [1.29, 1.82) is 5.26 Å². The summed E-state index contributed by atoms with van der Waals surface area (Å²) in [5.74, 6) is -4.68. The molecule has 0 heterocycles. The average molecular weight is 602 g/mol. The van der Waals surface area contributed by atoms with Gasteiger partial charge in [0, 0.05) is 42.8 Å². The fourth-order valence-electron chi connectivity index (χ4n) is 4.65. The van der Waals surface area contributed by atoms with Gasteiger partial charge in [-0.25, -0.2) is 8.78 Å². The monoisotopic (exact) mass is 601 g/mol. The van der Waals surface area contributed by atoms with Crippen molar-refractivity contribution in [2.75, 3.05) is 13.1 Å². The third-order valence-electron chi connectivity index (χ3n) is 6.57. The second kappa shape index (κ2) is 16.3. The highest BCUT2D eigenvalue weighted by Crippen LogP contribution is 2.18. The lowest BCUT2D eigenvalue weighted by molar-refractivity contribution is -0.121. The predicted molar refractivity (Wildman–Crippen MR) is 153 cm³/mol. The van der Waals surface area contributed by atoms with Gasteiger partial charge in [-0.1, -0.05) is 13.8 Å². The minimum atomic E-state index is -1.86. The average Bonchev–Trinajstić information content (AvgIpc) is 2.94. The highest BCUT2D eigenvalue weighted by molar-refractivity contribution is 6.04. The number of primary amides is 1. The van der Waals surface area contributed by atoms with Crippen molar-refractivity contribution in [3.63, 3.8) is 0 Å². The Bertz CT molecular complexity index is 1340. The zero-order chi connectivity index (χ0) is 32.3. The van der Waals surface area contributed by atoms with Gasteiger partial charge in [0.25, 0.3) is 11.8 Å². The molecule has 0 aliphatic rings. The standard InChI is InChI=1S/C30H37F2N5O6/c1-4-8-37(9-5-2)30(43)21-14-19(28(34)41)13-20(15-21)29(42)36-25(12-18-10-22(31)16-23(32)11-18)27(40)26(39)24(6-7-33)35-17(3)38/h10-11,13-16,24-27,39-40H,4-6,8-9,12H2,1-3H3,(H2,34,41)(H,35,38)(H,36,42). The molecule has 4 unspecified atom stereocenters. The molecule has 0 aromatic heterocycles. The van der Waals surface area contributed by atoms with E-state index in [0.717, 1.165) is 25.1 Å². The van der Waals surface area contributed by atoms with Gasteiger partial charge < -0.3 is 31.5 Å². The normalized spacial score (nSPS) is 13.6. The summed E-state index contributed by atoms with van der Waals surface area (Å²) in [4.78, 5) is 52.0. The second-order valence-corrected chi connectivity index (χ2v) is 10.2. The third kappa shape index (κ3) is 10.1. The zero-order valence-corrected chi connectivity index (χ0v) is 24.3. The molecule has 0 radical (unpaired) electrons. The number of hydrogen-bond acceptors (Lipinski definition) is 7. The van der Waals surface area contributed by atoms with Crippen LogP contribution in [0.15, 0.2) is 36.4 Å². The number of rotatable bonds is 15. The molecule has 4 amide bonds. The lowest BCUT2D eigenvalue weighted by Gasteiger charge is -2.32. The number of aliphatic hydroxyl groups excluding tert-OH is 2. The van der Waals surface area contributed by atoms with Crippen LogP contribution in [0.25, 0.3) is 0 Å². The number of benzene rings is 2. The van der Waals surface area contributed by atoms with Gasteiger partial charge in [-0.15, -0.1) is 0 Å². The summed E-state index contributed by atoms with van der Waals surface area (Å²) >= 11 is 0. The van der Waals surface area contributed by atoms with Gasteiger partial charge in [0.15, 0.2) is 0 Å². The van der Waals surface area contributed by atoms with Gasteiger partial charge in [0.05, 0.1) is 24.6 Å². The lowest BCUT2D eigenvalue weighted by atomic mass is 9.92. The molecule has 2 aromatic carbocycles. The maximum absolute atomic E-state index is 14.0. The summed E-state index contributed by atoms with van der Waals surface area (Å²) < 4.78 is 27.9. The van der Waals surface area contributed by atoms with E-state index in [1.54, 1.807) is 11.0 Å². The topological polar surface area (TPSA) is 186 Å². The molecule has 0 aliphatic heterocycles. The largest absolute Gasteiger partial charge is 0.388 e. The Morgan fingerprint density at radius 2 is 1.42 bits per heavy atom. The minimum Gasteiger partial charge on any atom is -0.388 e. The Kier molecular flexibility index (Phi) is 13.2. The molecular weight excluding hydrogens is 564 g/mol. The van der Waals surface area contributed by atoms with E-state index < -0.39 is 66.0 Å². The first-order chi connectivity index (χ1) is 20.3. The van der Waals surface area contributed by atoms with Crippen LogP contribution in [0, 0.1) is 23.0 Å². The van der Waals surface area contributed by atoms with Crippen LogP contribution < -0.4 is 16.4 Å². The molecule has 0 aliphatic carbocycles. The quantitative estimate of drug-likeness (QED) is 0.206. The second-order valence-electron chi connectivity index (χ2n) is 10.2. The summed E-state index contributed by atoms with van der Waals surface area (Å²) in [6.45, 7) is 5.80. The Morgan fingerprint density at radius 3 is 1.93 bits per heavy atom. The predicted octanol–water partition coefficient (Wildman–Crippen LogP) is 1.81. The maximum atomic E-state index is 14.0. The number of hydrogen-bond donors (Lipinski definition) is 5. The molecule has 2 rings (SSSR count). The molecule has 43 heavy (non-hydrogen) atoms. The molecular formula is C30H37F2N5O6. The van der Waals surface area contributed by atoms with Gasteiger partial charge in [0.1, 0.15) is 23.8 Å². The fraction of sp³-hybridized carbons (Fsp3) is 0.433. The molecule has 11 nitrogen and oxygen atoms in total. The first-order valence-corrected chi connectivity index (χ1v) is 13.8. The summed E-state index contributed by atoms with van der Waals surface area (Å²) in [6.07, 6.45) is -3.10. The van der Waals surface area contributed by atoms with Crippen LogP contribution in [0.2, 0.25) is 0 Å². The van der Waals surface area contributed by atoms with E-state index in [9.17, 15) is 38.2 Å². The molecule has 6 N–H and O–H groups in total. The van der Waals surface area contributed by atoms with Crippen molar-refractivity contribution in [1.82, 2.24) is 15.5 Å². The van der Waals surface area contributed by atoms with Gasteiger partial charge in [0.2, 0.25) is 11.8 Å². The Labute approximate surface area is 248 Å². The highest BCUT2D eigenvalue weighted by atomic mass is 19.1. The summed E-state index contributed by atoms with van der Waals surface area (Å²) in [7, 11) is 0. The third-order valence-corrected chi connectivity index (χ3v) is 6.57. The van der Waals surface area contributed by atoms with Crippen LogP contribution in [-0.2, 0) is 11.2 Å². The number of halogens is 2. The lowest BCUT2D eigenvalue weighted by Crippen LogP contribution is -2.56. The van der Waals surface area contributed by atoms with Crippen molar-refractivity contribution >= 4 is 23.6 Å². The van der Waals surface area contributed by atoms with Crippen LogP contribution in [0.1, 0.15) is 76.7 Å². The molecule has 0 bridgehead atoms. The van der Waals surface area contributed by atoms with Gasteiger partial charge in [-0.2, -0.15) is 5.26 Å². The molecule has 0 spiro atoms. The Balaban J connectivity index is 2.53. The van der Waals surface area contributed by atoms with Crippen molar-refractivity contribution in [3.05, 3.63) is 70.3 Å². The number of nitrogens with zero attached hydrogens (tertiary/aromatic N) is 2. The van der Waals surface area contributed by atoms with Gasteiger partial charge >= 0.3 is 0 Å². The van der Waals surface area contributed by atoms with E-state index >= 15 is 0 Å². The number of carbonyl (C=O) groups is 4. The number of nitrogens with two attached hydrogens (primary N) is 1. The number of nitrogens with one attached hydrogen (secondary N) is 2. The summed E-state index contributed by atoms with van der Waals surface area (Å²) in [6, 6.07) is 5.37. The van der Waals surface area contributed by atoms with Crippen LogP contribution in [-0.4, -0.2) is 76.1 Å². The van der Waals surface area contributed by atoms with Crippen LogP contribution in [0.3, 0.4) is 0 Å². The minimum absolute atomic E-state index is 0.0157. The first-order valence-electron chi connectivity index (χ1n) is 13.8. The molecule has 0 saturated heterocycles. The van der Waals surface area contributed by atoms with E-state index in [0.29, 0.717) is 32.0 Å². The van der Waals surface area contributed by atoms with Gasteiger partial charge in [-0.05, 0) is 55.2 Å². The molecule has 2 aromatic rings. The van der Waals surface area contributed by atoms with Crippen molar-refractivity contribution < 1.29 is 38.2 Å². The number of carbonyl (C=O) groups excluding carboxylic acids is 4. The van der Waals surface area contributed by atoms with Crippen LogP contribution >= 0.6 is 0 Å². The molecule has 4 atom stereocenters. The van der Waals surface area contributed by atoms with E-state index in [4.69, 9.17) is 11.0 Å². The Hall–Kier alpha value is -4.41. The number of nitriles is 1. The molecule has 0 saturated carbocycles. The number of amides is 4. The maximum Gasteiger partial charge on any atom is 0.253 e. The van der Waals surface area contributed by atoms with Gasteiger partial charge in [-0.3, -0.25) is 19.2 Å². The zero-order valence-electron chi connectivity index (χ0n) is 24.3. The van der Waals surface area contributed by atoms with Crippen LogP contribution in [0.5, 0.6) is 0 Å². The van der Waals surface area contributed by atoms with Crippen molar-refractivity contribution in [2.45, 2.75) is 70.7 Å². The van der Waals surface area contributed by atoms with E-state index in [2.05, 4.69) is 10.6 Å². The van der Waals surface area contributed by atoms with Crippen molar-refractivity contribution in [2.24, 2.45) is 5.73 Å². The molecule has 13 heteroatoms. The van der Waals surface area contributed by atoms with E-state index in [1.807, 2.05) is 13.8 Å². The summed E-state index contributed by atoms with van der Waals surface area (Å²) in [5.41, 5.74) is 5.19.